The van der Waals surface area contributed by atoms with Crippen LogP contribution >= 0.6 is 0 Å². The maximum absolute atomic E-state index is 12.6. The number of ether oxygens (including phenoxy) is 2. The molecular formula is C29H36N4O3. The molecule has 2 atom stereocenters. The van der Waals surface area contributed by atoms with Gasteiger partial charge in [0.15, 0.2) is 0 Å². The molecule has 0 heterocycles. The monoisotopic (exact) mass is 488 g/mol. The number of nitrogens with zero attached hydrogens (tertiary/aromatic N) is 2. The van der Waals surface area contributed by atoms with E-state index >= 15 is 0 Å². The highest BCUT2D eigenvalue weighted by Crippen LogP contribution is 2.35. The molecule has 2 unspecified atom stereocenters. The molecule has 36 heavy (non-hydrogen) atoms. The van der Waals surface area contributed by atoms with Crippen LogP contribution in [0.5, 0.6) is 11.5 Å². The van der Waals surface area contributed by atoms with E-state index in [4.69, 9.17) is 9.47 Å². The lowest BCUT2D eigenvalue weighted by Gasteiger charge is -2.28. The summed E-state index contributed by atoms with van der Waals surface area (Å²) < 4.78 is 10.6. The van der Waals surface area contributed by atoms with Crippen LogP contribution in [0.2, 0.25) is 0 Å². The molecule has 2 N–H and O–H groups in total. The quantitative estimate of drug-likeness (QED) is 0.284. The van der Waals surface area contributed by atoms with E-state index in [1.165, 1.54) is 5.56 Å². The molecule has 0 radical (unpaired) electrons. The van der Waals surface area contributed by atoms with Crippen molar-refractivity contribution in [2.24, 2.45) is 5.10 Å². The Bertz CT molecular complexity index is 1110. The van der Waals surface area contributed by atoms with E-state index in [9.17, 15) is 4.79 Å². The van der Waals surface area contributed by atoms with Crippen LogP contribution in [0.1, 0.15) is 42.0 Å². The van der Waals surface area contributed by atoms with Crippen LogP contribution < -0.4 is 25.1 Å². The van der Waals surface area contributed by atoms with Crippen molar-refractivity contribution in [3.63, 3.8) is 0 Å². The Labute approximate surface area is 214 Å². The molecule has 0 aliphatic heterocycles. The van der Waals surface area contributed by atoms with Gasteiger partial charge in [0.2, 0.25) is 0 Å². The van der Waals surface area contributed by atoms with Gasteiger partial charge in [0.25, 0.3) is 5.91 Å². The average Bonchev–Trinajstić information content (AvgIpc) is 2.91. The number of methoxy groups -OCH3 is 2. The third-order valence-electron chi connectivity index (χ3n) is 6.16. The minimum atomic E-state index is -0.209. The van der Waals surface area contributed by atoms with Gasteiger partial charge >= 0.3 is 0 Å². The summed E-state index contributed by atoms with van der Waals surface area (Å²) in [5.74, 6) is 1.55. The molecule has 0 spiro atoms. The van der Waals surface area contributed by atoms with E-state index < -0.39 is 0 Å². The van der Waals surface area contributed by atoms with Crippen molar-refractivity contribution in [3.8, 4) is 11.5 Å². The Hall–Kier alpha value is -3.84. The number of carbonyl (C=O) groups excluding carboxylic acids is 1. The molecule has 0 fully saturated rings. The van der Waals surface area contributed by atoms with E-state index in [-0.39, 0.29) is 24.4 Å². The Morgan fingerprint density at radius 3 is 1.94 bits per heavy atom. The van der Waals surface area contributed by atoms with Crippen molar-refractivity contribution < 1.29 is 14.3 Å². The Kier molecular flexibility index (Phi) is 9.89. The van der Waals surface area contributed by atoms with Gasteiger partial charge in [-0.2, -0.15) is 5.10 Å². The molecule has 0 aliphatic rings. The van der Waals surface area contributed by atoms with Crippen molar-refractivity contribution in [2.75, 3.05) is 39.8 Å². The van der Waals surface area contributed by atoms with Gasteiger partial charge in [0.05, 0.1) is 27.0 Å². The second kappa shape index (κ2) is 13.3. The van der Waals surface area contributed by atoms with E-state index in [1.807, 2.05) is 79.7 Å². The van der Waals surface area contributed by atoms with Crippen molar-refractivity contribution in [2.45, 2.75) is 25.3 Å². The zero-order chi connectivity index (χ0) is 25.9. The van der Waals surface area contributed by atoms with Gasteiger partial charge in [-0.1, -0.05) is 43.3 Å². The van der Waals surface area contributed by atoms with Crippen LogP contribution in [0.3, 0.4) is 0 Å². The van der Waals surface area contributed by atoms with Crippen LogP contribution in [0, 0.1) is 0 Å². The number of hydrogen-bond acceptors (Lipinski definition) is 6. The topological polar surface area (TPSA) is 75.2 Å². The summed E-state index contributed by atoms with van der Waals surface area (Å²) in [4.78, 5) is 14.6. The summed E-state index contributed by atoms with van der Waals surface area (Å²) in [6.45, 7) is 2.28. The molecule has 0 bridgehead atoms. The minimum Gasteiger partial charge on any atom is -0.497 e. The molecule has 0 saturated heterocycles. The fourth-order valence-corrected chi connectivity index (χ4v) is 4.10. The highest BCUT2D eigenvalue weighted by atomic mass is 16.5. The van der Waals surface area contributed by atoms with Crippen LogP contribution in [0.4, 0.5) is 5.69 Å². The first-order valence-electron chi connectivity index (χ1n) is 12.1. The lowest BCUT2D eigenvalue weighted by molar-refractivity contribution is -0.120. The molecular weight excluding hydrogens is 452 g/mol. The Morgan fingerprint density at radius 1 is 0.889 bits per heavy atom. The van der Waals surface area contributed by atoms with Gasteiger partial charge in [-0.3, -0.25) is 4.79 Å². The van der Waals surface area contributed by atoms with E-state index in [1.54, 1.807) is 20.4 Å². The first kappa shape index (κ1) is 26.8. The second-order valence-corrected chi connectivity index (χ2v) is 8.70. The standard InChI is InChI=1S/C29H36N4O3/c1-6-27(22-9-15-25(35-4)16-10-22)29(23-11-17-26(36-5)18-12-23)30-20-28(34)32-31-19-21-7-13-24(14-8-21)33(2)3/h7-19,27,29-30H,6,20H2,1-5H3,(H,32,34)/b31-19+. The van der Waals surface area contributed by atoms with Crippen molar-refractivity contribution >= 4 is 17.8 Å². The van der Waals surface area contributed by atoms with E-state index in [0.29, 0.717) is 0 Å². The summed E-state index contributed by atoms with van der Waals surface area (Å²) >= 11 is 0. The fourth-order valence-electron chi connectivity index (χ4n) is 4.10. The summed E-state index contributed by atoms with van der Waals surface area (Å²) in [5, 5.41) is 7.58. The zero-order valence-corrected chi connectivity index (χ0v) is 21.7. The molecule has 0 saturated carbocycles. The summed E-state index contributed by atoms with van der Waals surface area (Å²) in [6, 6.07) is 23.9. The normalized spacial score (nSPS) is 12.7. The molecule has 7 nitrogen and oxygen atoms in total. The number of amides is 1. The molecule has 0 aliphatic carbocycles. The number of carbonyl (C=O) groups is 1. The lowest BCUT2D eigenvalue weighted by atomic mass is 9.85. The summed E-state index contributed by atoms with van der Waals surface area (Å²) in [6.07, 6.45) is 2.53. The number of anilines is 1. The smallest absolute Gasteiger partial charge is 0.254 e. The van der Waals surface area contributed by atoms with Gasteiger partial charge < -0.3 is 19.7 Å². The average molecular weight is 489 g/mol. The molecule has 3 aromatic carbocycles. The Morgan fingerprint density at radius 2 is 1.44 bits per heavy atom. The first-order chi connectivity index (χ1) is 17.4. The number of hydrogen-bond donors (Lipinski definition) is 2. The first-order valence-corrected chi connectivity index (χ1v) is 12.1. The molecule has 1 amide bonds. The van der Waals surface area contributed by atoms with Gasteiger partial charge in [-0.25, -0.2) is 5.43 Å². The molecule has 190 valence electrons. The van der Waals surface area contributed by atoms with Crippen molar-refractivity contribution in [3.05, 3.63) is 89.5 Å². The third-order valence-corrected chi connectivity index (χ3v) is 6.16. The molecule has 3 rings (SSSR count). The number of benzene rings is 3. The lowest BCUT2D eigenvalue weighted by Crippen LogP contribution is -2.36. The van der Waals surface area contributed by atoms with Crippen LogP contribution in [-0.4, -0.2) is 47.0 Å². The number of nitrogens with one attached hydrogen (secondary N) is 2. The predicted octanol–water partition coefficient (Wildman–Crippen LogP) is 4.74. The van der Waals surface area contributed by atoms with Crippen LogP contribution in [0.15, 0.2) is 77.9 Å². The molecule has 7 heteroatoms. The van der Waals surface area contributed by atoms with Crippen LogP contribution in [0.25, 0.3) is 0 Å². The maximum atomic E-state index is 12.6. The van der Waals surface area contributed by atoms with Gasteiger partial charge in [-0.15, -0.1) is 0 Å². The van der Waals surface area contributed by atoms with Gasteiger partial charge in [0, 0.05) is 31.7 Å². The minimum absolute atomic E-state index is 0.0809. The maximum Gasteiger partial charge on any atom is 0.254 e. The summed E-state index contributed by atoms with van der Waals surface area (Å²) in [5.41, 5.74) is 6.89. The second-order valence-electron chi connectivity index (χ2n) is 8.70. The zero-order valence-electron chi connectivity index (χ0n) is 21.7. The predicted molar refractivity (Wildman–Crippen MR) is 146 cm³/mol. The number of rotatable bonds is 12. The largest absolute Gasteiger partial charge is 0.497 e. The number of hydrazone groups is 1. The SMILES string of the molecule is CCC(c1ccc(OC)cc1)C(NCC(=O)N/N=C/c1ccc(N(C)C)cc1)c1ccc(OC)cc1. The highest BCUT2D eigenvalue weighted by molar-refractivity contribution is 5.83. The fraction of sp³-hybridized carbons (Fsp3) is 0.310. The van der Waals surface area contributed by atoms with Crippen LogP contribution in [-0.2, 0) is 4.79 Å². The third kappa shape index (κ3) is 7.33. The van der Waals surface area contributed by atoms with Crippen molar-refractivity contribution in [1.82, 2.24) is 10.7 Å². The van der Waals surface area contributed by atoms with E-state index in [2.05, 4.69) is 34.9 Å². The Balaban J connectivity index is 1.70. The van der Waals surface area contributed by atoms with E-state index in [0.717, 1.165) is 34.7 Å². The summed E-state index contributed by atoms with van der Waals surface area (Å²) in [7, 11) is 7.30. The highest BCUT2D eigenvalue weighted by Gasteiger charge is 2.24. The van der Waals surface area contributed by atoms with Gasteiger partial charge in [0.1, 0.15) is 11.5 Å². The van der Waals surface area contributed by atoms with Crippen molar-refractivity contribution in [1.29, 1.82) is 0 Å². The molecule has 0 aromatic heterocycles. The molecule has 3 aromatic rings. The van der Waals surface area contributed by atoms with Gasteiger partial charge in [-0.05, 0) is 59.5 Å².